The lowest BCUT2D eigenvalue weighted by Crippen LogP contribution is -2.04. The third-order valence-electron chi connectivity index (χ3n) is 2.36. The van der Waals surface area contributed by atoms with Crippen molar-refractivity contribution in [1.29, 1.82) is 0 Å². The third-order valence-corrected chi connectivity index (χ3v) is 4.54. The minimum Gasteiger partial charge on any atom is -0.383 e. The van der Waals surface area contributed by atoms with Crippen LogP contribution >= 0.6 is 43.6 Å². The number of para-hydroxylation sites is 1. The summed E-state index contributed by atoms with van der Waals surface area (Å²) in [6.45, 7) is 0.944. The lowest BCUT2D eigenvalue weighted by atomic mass is 10.3. The topological polar surface area (TPSA) is 12.0 Å². The Morgan fingerprint density at radius 3 is 2.61 bits per heavy atom. The average molecular weight is 387 g/mol. The molecule has 2 aromatic carbocycles. The van der Waals surface area contributed by atoms with Crippen LogP contribution in [0.5, 0.6) is 0 Å². The van der Waals surface area contributed by atoms with Crippen molar-refractivity contribution in [3.63, 3.8) is 0 Å². The molecule has 0 aliphatic rings. The molecular formula is C14H13Br2NS. The molecule has 0 fully saturated rings. The van der Waals surface area contributed by atoms with Gasteiger partial charge in [0.25, 0.3) is 0 Å². The van der Waals surface area contributed by atoms with E-state index in [-0.39, 0.29) is 0 Å². The van der Waals surface area contributed by atoms with Crippen molar-refractivity contribution in [2.24, 2.45) is 0 Å². The molecule has 0 radical (unpaired) electrons. The second kappa shape index (κ2) is 7.22. The Balaban J connectivity index is 1.78. The fourth-order valence-corrected chi connectivity index (χ4v) is 3.32. The normalized spacial score (nSPS) is 10.3. The molecular weight excluding hydrogens is 374 g/mol. The SMILES string of the molecule is Brc1cccc(SCCNc2ccccc2Br)c1. The van der Waals surface area contributed by atoms with E-state index in [1.807, 2.05) is 36.0 Å². The van der Waals surface area contributed by atoms with Gasteiger partial charge < -0.3 is 5.32 Å². The molecule has 2 rings (SSSR count). The van der Waals surface area contributed by atoms with Gasteiger partial charge >= 0.3 is 0 Å². The zero-order valence-electron chi connectivity index (χ0n) is 9.70. The largest absolute Gasteiger partial charge is 0.383 e. The van der Waals surface area contributed by atoms with E-state index in [1.54, 1.807) is 0 Å². The van der Waals surface area contributed by atoms with E-state index in [9.17, 15) is 0 Å². The summed E-state index contributed by atoms with van der Waals surface area (Å²) in [5, 5.41) is 3.42. The molecule has 0 spiro atoms. The Kier molecular flexibility index (Phi) is 5.60. The molecule has 0 aliphatic heterocycles. The van der Waals surface area contributed by atoms with Gasteiger partial charge in [0.15, 0.2) is 0 Å². The summed E-state index contributed by atoms with van der Waals surface area (Å²) < 4.78 is 2.24. The molecule has 0 aromatic heterocycles. The zero-order valence-corrected chi connectivity index (χ0v) is 13.7. The Morgan fingerprint density at radius 1 is 1.00 bits per heavy atom. The van der Waals surface area contributed by atoms with E-state index >= 15 is 0 Å². The van der Waals surface area contributed by atoms with Gasteiger partial charge in [0, 0.05) is 31.8 Å². The molecule has 0 aliphatic carbocycles. The molecule has 94 valence electrons. The van der Waals surface area contributed by atoms with Gasteiger partial charge in [0.1, 0.15) is 0 Å². The minimum atomic E-state index is 0.944. The van der Waals surface area contributed by atoms with Crippen molar-refractivity contribution in [1.82, 2.24) is 0 Å². The highest BCUT2D eigenvalue weighted by atomic mass is 79.9. The number of halogens is 2. The Bertz CT molecular complexity index is 517. The fourth-order valence-electron chi connectivity index (χ4n) is 1.52. The van der Waals surface area contributed by atoms with Crippen LogP contribution in [0.1, 0.15) is 0 Å². The zero-order chi connectivity index (χ0) is 12.8. The van der Waals surface area contributed by atoms with E-state index in [0.717, 1.165) is 26.9 Å². The van der Waals surface area contributed by atoms with E-state index in [2.05, 4.69) is 61.4 Å². The van der Waals surface area contributed by atoms with Crippen LogP contribution in [0.4, 0.5) is 5.69 Å². The number of hydrogen-bond donors (Lipinski definition) is 1. The maximum absolute atomic E-state index is 3.53. The van der Waals surface area contributed by atoms with Crippen LogP contribution in [0.2, 0.25) is 0 Å². The number of rotatable bonds is 5. The van der Waals surface area contributed by atoms with Gasteiger partial charge in [-0.2, -0.15) is 0 Å². The molecule has 0 unspecified atom stereocenters. The average Bonchev–Trinajstić information content (AvgIpc) is 2.37. The van der Waals surface area contributed by atoms with E-state index in [1.165, 1.54) is 4.90 Å². The summed E-state index contributed by atoms with van der Waals surface area (Å²) in [7, 11) is 0. The maximum Gasteiger partial charge on any atom is 0.0484 e. The molecule has 4 heteroatoms. The summed E-state index contributed by atoms with van der Waals surface area (Å²) in [4.78, 5) is 1.29. The third kappa shape index (κ3) is 4.34. The molecule has 0 atom stereocenters. The van der Waals surface area contributed by atoms with Gasteiger partial charge in [-0.25, -0.2) is 0 Å². The highest BCUT2D eigenvalue weighted by molar-refractivity contribution is 9.10. The second-order valence-corrected chi connectivity index (χ2v) is 6.65. The van der Waals surface area contributed by atoms with Crippen molar-refractivity contribution in [3.05, 3.63) is 57.5 Å². The van der Waals surface area contributed by atoms with E-state index < -0.39 is 0 Å². The Morgan fingerprint density at radius 2 is 1.83 bits per heavy atom. The molecule has 0 amide bonds. The van der Waals surface area contributed by atoms with Crippen LogP contribution in [0.3, 0.4) is 0 Å². The van der Waals surface area contributed by atoms with E-state index in [0.29, 0.717) is 0 Å². The molecule has 0 saturated carbocycles. The van der Waals surface area contributed by atoms with Crippen molar-refractivity contribution in [2.45, 2.75) is 4.90 Å². The molecule has 18 heavy (non-hydrogen) atoms. The predicted molar refractivity (Wildman–Crippen MR) is 87.5 cm³/mol. The summed E-state index contributed by atoms with van der Waals surface area (Å²) in [6, 6.07) is 16.6. The molecule has 0 bridgehead atoms. The summed E-state index contributed by atoms with van der Waals surface area (Å²) in [5.41, 5.74) is 1.15. The van der Waals surface area contributed by atoms with Gasteiger partial charge in [-0.1, -0.05) is 34.1 Å². The summed E-state index contributed by atoms with van der Waals surface area (Å²) >= 11 is 8.86. The van der Waals surface area contributed by atoms with Crippen molar-refractivity contribution >= 4 is 49.3 Å². The molecule has 0 heterocycles. The molecule has 1 nitrogen and oxygen atoms in total. The van der Waals surface area contributed by atoms with Crippen LogP contribution < -0.4 is 5.32 Å². The molecule has 2 aromatic rings. The summed E-state index contributed by atoms with van der Waals surface area (Å²) in [6.07, 6.45) is 0. The Labute approximate surface area is 129 Å². The van der Waals surface area contributed by atoms with Crippen molar-refractivity contribution in [2.75, 3.05) is 17.6 Å². The van der Waals surface area contributed by atoms with Gasteiger partial charge in [-0.15, -0.1) is 11.8 Å². The monoisotopic (exact) mass is 385 g/mol. The number of hydrogen-bond acceptors (Lipinski definition) is 2. The quantitative estimate of drug-likeness (QED) is 0.544. The van der Waals surface area contributed by atoms with Gasteiger partial charge in [-0.05, 0) is 46.3 Å². The summed E-state index contributed by atoms with van der Waals surface area (Å²) in [5.74, 6) is 1.04. The van der Waals surface area contributed by atoms with Crippen molar-refractivity contribution < 1.29 is 0 Å². The first-order valence-electron chi connectivity index (χ1n) is 5.62. The fraction of sp³-hybridized carbons (Fsp3) is 0.143. The first-order chi connectivity index (χ1) is 8.75. The molecule has 1 N–H and O–H groups in total. The number of nitrogens with one attached hydrogen (secondary N) is 1. The maximum atomic E-state index is 3.53. The highest BCUT2D eigenvalue weighted by Crippen LogP contribution is 2.23. The number of benzene rings is 2. The van der Waals surface area contributed by atoms with Crippen LogP contribution in [0.15, 0.2) is 62.4 Å². The first-order valence-corrected chi connectivity index (χ1v) is 8.19. The predicted octanol–water partition coefficient (Wildman–Crippen LogP) is 5.42. The highest BCUT2D eigenvalue weighted by Gasteiger charge is 1.98. The van der Waals surface area contributed by atoms with Crippen LogP contribution in [-0.2, 0) is 0 Å². The number of anilines is 1. The number of thioether (sulfide) groups is 1. The Hall–Kier alpha value is -0.450. The minimum absolute atomic E-state index is 0.944. The molecule has 0 saturated heterocycles. The lowest BCUT2D eigenvalue weighted by Gasteiger charge is -2.08. The van der Waals surface area contributed by atoms with Crippen LogP contribution in [0, 0.1) is 0 Å². The van der Waals surface area contributed by atoms with E-state index in [4.69, 9.17) is 0 Å². The lowest BCUT2D eigenvalue weighted by molar-refractivity contribution is 1.22. The van der Waals surface area contributed by atoms with Gasteiger partial charge in [0.05, 0.1) is 0 Å². The van der Waals surface area contributed by atoms with Crippen molar-refractivity contribution in [3.8, 4) is 0 Å². The van der Waals surface area contributed by atoms with Crippen LogP contribution in [0.25, 0.3) is 0 Å². The smallest absolute Gasteiger partial charge is 0.0484 e. The van der Waals surface area contributed by atoms with Crippen LogP contribution in [-0.4, -0.2) is 12.3 Å². The van der Waals surface area contributed by atoms with Gasteiger partial charge in [0.2, 0.25) is 0 Å². The standard InChI is InChI=1S/C14H13Br2NS/c15-11-4-3-5-12(10-11)18-9-8-17-14-7-2-1-6-13(14)16/h1-7,10,17H,8-9H2. The second-order valence-electron chi connectivity index (χ2n) is 3.71. The first kappa shape index (κ1) is 14.0. The van der Waals surface area contributed by atoms with Gasteiger partial charge in [-0.3, -0.25) is 0 Å².